The molecule has 2 atom stereocenters. The molecule has 0 saturated carbocycles. The third kappa shape index (κ3) is 5.24. The Hall–Kier alpha value is -2.04. The van der Waals surface area contributed by atoms with E-state index < -0.39 is 5.60 Å². The van der Waals surface area contributed by atoms with Crippen LogP contribution in [0.4, 0.5) is 0 Å². The predicted octanol–water partition coefficient (Wildman–Crippen LogP) is 6.07. The minimum atomic E-state index is -0.441. The molecule has 2 aliphatic rings. The van der Waals surface area contributed by atoms with Crippen molar-refractivity contribution in [3.8, 4) is 11.5 Å². The number of hydrogen-bond donors (Lipinski definition) is 0. The van der Waals surface area contributed by atoms with Crippen LogP contribution < -0.4 is 9.47 Å². The zero-order valence-corrected chi connectivity index (χ0v) is 20.0. The molecule has 0 aliphatic carbocycles. The molecule has 0 bridgehead atoms. The second-order valence-corrected chi connectivity index (χ2v) is 10.3. The Bertz CT molecular complexity index is 823. The van der Waals surface area contributed by atoms with Crippen LogP contribution in [0.3, 0.4) is 0 Å². The molecule has 0 amide bonds. The van der Waals surface area contributed by atoms with Crippen LogP contribution in [0, 0.1) is 5.92 Å². The van der Waals surface area contributed by atoms with Crippen LogP contribution in [0.2, 0.25) is 0 Å². The highest BCUT2D eigenvalue weighted by Gasteiger charge is 2.47. The van der Waals surface area contributed by atoms with Crippen LogP contribution in [-0.2, 0) is 19.7 Å². The van der Waals surface area contributed by atoms with E-state index in [0.717, 1.165) is 29.7 Å². The summed E-state index contributed by atoms with van der Waals surface area (Å²) in [7, 11) is 0. The Kier molecular flexibility index (Phi) is 7.02. The summed E-state index contributed by atoms with van der Waals surface area (Å²) in [4.78, 5) is 24.0. The highest BCUT2D eigenvalue weighted by molar-refractivity contribution is 5.72. The maximum Gasteiger partial charge on any atom is 0.308 e. The fourth-order valence-electron chi connectivity index (χ4n) is 5.14. The molecule has 1 aromatic carbocycles. The average Bonchev–Trinajstić information content (AvgIpc) is 2.86. The van der Waals surface area contributed by atoms with Crippen LogP contribution in [-0.4, -0.2) is 24.1 Å². The van der Waals surface area contributed by atoms with Gasteiger partial charge in [-0.3, -0.25) is 9.59 Å². The smallest absolute Gasteiger partial charge is 0.308 e. The number of fused-ring (bicyclic) bond motifs is 3. The first kappa shape index (κ1) is 23.6. The molecule has 1 aromatic rings. The van der Waals surface area contributed by atoms with Crippen LogP contribution in [0.5, 0.6) is 11.5 Å². The van der Waals surface area contributed by atoms with Crippen molar-refractivity contribution in [3.05, 3.63) is 23.3 Å². The number of carbonyl (C=O) groups excluding carboxylic acids is 2. The first-order valence-electron chi connectivity index (χ1n) is 11.8. The van der Waals surface area contributed by atoms with E-state index in [-0.39, 0.29) is 35.8 Å². The van der Waals surface area contributed by atoms with Gasteiger partial charge in [0.1, 0.15) is 17.1 Å². The molecular weight excluding hydrogens is 392 g/mol. The molecule has 31 heavy (non-hydrogen) atoms. The standard InChI is InChI=1S/C26H38O5/c1-7-8-9-10-13-25(3,4)18-14-21(30-17(2)27)24-19-16-29-23(28)12-11-20(19)26(5,6)31-22(24)15-18/h14-15,19-20H,7-13,16H2,1-6H3/t19-,20?/m1/s1. The zero-order chi connectivity index (χ0) is 22.8. The van der Waals surface area contributed by atoms with Crippen molar-refractivity contribution in [1.29, 1.82) is 0 Å². The molecule has 5 nitrogen and oxygen atoms in total. The van der Waals surface area contributed by atoms with Gasteiger partial charge in [0, 0.05) is 30.7 Å². The van der Waals surface area contributed by atoms with E-state index in [1.54, 1.807) is 0 Å². The number of unbranched alkanes of at least 4 members (excludes halogenated alkanes) is 3. The molecule has 1 saturated heterocycles. The fourth-order valence-corrected chi connectivity index (χ4v) is 5.14. The number of cyclic esters (lactones) is 1. The normalized spacial score (nSPS) is 22.5. The van der Waals surface area contributed by atoms with Gasteiger partial charge >= 0.3 is 11.9 Å². The summed E-state index contributed by atoms with van der Waals surface area (Å²) in [6.07, 6.45) is 6.98. The molecule has 172 valence electrons. The lowest BCUT2D eigenvalue weighted by atomic mass is 9.71. The van der Waals surface area contributed by atoms with Gasteiger partial charge in [0.05, 0.1) is 6.61 Å². The van der Waals surface area contributed by atoms with Crippen molar-refractivity contribution in [3.63, 3.8) is 0 Å². The molecular formula is C26H38O5. The lowest BCUT2D eigenvalue weighted by Crippen LogP contribution is -2.45. The molecule has 0 aromatic heterocycles. The van der Waals surface area contributed by atoms with Gasteiger partial charge < -0.3 is 14.2 Å². The van der Waals surface area contributed by atoms with Crippen molar-refractivity contribution < 1.29 is 23.8 Å². The van der Waals surface area contributed by atoms with Crippen LogP contribution in [0.15, 0.2) is 12.1 Å². The third-order valence-electron chi connectivity index (χ3n) is 7.00. The number of esters is 2. The minimum Gasteiger partial charge on any atom is -0.487 e. The summed E-state index contributed by atoms with van der Waals surface area (Å²) < 4.78 is 17.8. The van der Waals surface area contributed by atoms with Crippen LogP contribution in [0.25, 0.3) is 0 Å². The van der Waals surface area contributed by atoms with E-state index in [9.17, 15) is 9.59 Å². The molecule has 2 aliphatic heterocycles. The second-order valence-electron chi connectivity index (χ2n) is 10.3. The van der Waals surface area contributed by atoms with E-state index in [1.165, 1.54) is 26.2 Å². The second kappa shape index (κ2) is 9.22. The van der Waals surface area contributed by atoms with Crippen molar-refractivity contribution in [2.75, 3.05) is 6.61 Å². The summed E-state index contributed by atoms with van der Waals surface area (Å²) in [5, 5.41) is 0. The van der Waals surface area contributed by atoms with Crippen LogP contribution in [0.1, 0.15) is 104 Å². The van der Waals surface area contributed by atoms with Gasteiger partial charge in [-0.15, -0.1) is 0 Å². The molecule has 0 spiro atoms. The Morgan fingerprint density at radius 1 is 1.23 bits per heavy atom. The summed E-state index contributed by atoms with van der Waals surface area (Å²) in [6, 6.07) is 4.12. The van der Waals surface area contributed by atoms with Crippen molar-refractivity contribution in [1.82, 2.24) is 0 Å². The maximum absolute atomic E-state index is 12.0. The Morgan fingerprint density at radius 3 is 2.65 bits per heavy atom. The minimum absolute atomic E-state index is 0.0544. The number of rotatable bonds is 7. The number of hydrogen-bond acceptors (Lipinski definition) is 5. The first-order valence-corrected chi connectivity index (χ1v) is 11.8. The molecule has 1 unspecified atom stereocenters. The Morgan fingerprint density at radius 2 is 1.97 bits per heavy atom. The molecule has 2 heterocycles. The quantitative estimate of drug-likeness (QED) is 0.298. The monoisotopic (exact) mass is 430 g/mol. The summed E-state index contributed by atoms with van der Waals surface area (Å²) in [6.45, 7) is 12.6. The van der Waals surface area contributed by atoms with Gasteiger partial charge in [-0.1, -0.05) is 46.5 Å². The van der Waals surface area contributed by atoms with Gasteiger partial charge in [0.2, 0.25) is 0 Å². The van der Waals surface area contributed by atoms with Crippen LogP contribution >= 0.6 is 0 Å². The first-order chi connectivity index (χ1) is 14.5. The number of ether oxygens (including phenoxy) is 3. The number of carbonyl (C=O) groups is 2. The lowest BCUT2D eigenvalue weighted by molar-refractivity contribution is -0.143. The van der Waals surface area contributed by atoms with Gasteiger partial charge in [-0.25, -0.2) is 0 Å². The largest absolute Gasteiger partial charge is 0.487 e. The van der Waals surface area contributed by atoms with E-state index >= 15 is 0 Å². The SMILES string of the molecule is CCCCCCC(C)(C)c1cc(OC(C)=O)c2c(c1)OC(C)(C)C1CCC(=O)OC[C@@H]21. The molecule has 0 N–H and O–H groups in total. The van der Waals surface area contributed by atoms with E-state index in [0.29, 0.717) is 18.6 Å². The van der Waals surface area contributed by atoms with E-state index in [4.69, 9.17) is 14.2 Å². The van der Waals surface area contributed by atoms with E-state index in [2.05, 4.69) is 40.7 Å². The topological polar surface area (TPSA) is 61.8 Å². The lowest BCUT2D eigenvalue weighted by Gasteiger charge is -2.45. The predicted molar refractivity (Wildman–Crippen MR) is 121 cm³/mol. The van der Waals surface area contributed by atoms with Gasteiger partial charge in [-0.05, 0) is 49.8 Å². The third-order valence-corrected chi connectivity index (χ3v) is 7.00. The van der Waals surface area contributed by atoms with E-state index in [1.807, 2.05) is 6.07 Å². The van der Waals surface area contributed by atoms with Crippen molar-refractivity contribution >= 4 is 11.9 Å². The van der Waals surface area contributed by atoms with Gasteiger partial charge in [0.15, 0.2) is 0 Å². The summed E-state index contributed by atoms with van der Waals surface area (Å²) >= 11 is 0. The van der Waals surface area contributed by atoms with Crippen molar-refractivity contribution in [2.45, 2.75) is 103 Å². The maximum atomic E-state index is 12.0. The summed E-state index contributed by atoms with van der Waals surface area (Å²) in [5.74, 6) is 0.817. The van der Waals surface area contributed by atoms with Crippen molar-refractivity contribution in [2.24, 2.45) is 5.92 Å². The highest BCUT2D eigenvalue weighted by Crippen LogP contribution is 2.53. The highest BCUT2D eigenvalue weighted by atomic mass is 16.5. The summed E-state index contributed by atoms with van der Waals surface area (Å²) in [5.41, 5.74) is 1.46. The molecule has 5 heteroatoms. The van der Waals surface area contributed by atoms with Gasteiger partial charge in [-0.2, -0.15) is 0 Å². The molecule has 1 fully saturated rings. The Balaban J connectivity index is 2.04. The fraction of sp³-hybridized carbons (Fsp3) is 0.692. The Labute approximate surface area is 186 Å². The average molecular weight is 431 g/mol. The number of benzene rings is 1. The zero-order valence-electron chi connectivity index (χ0n) is 20.0. The molecule has 3 rings (SSSR count). The molecule has 0 radical (unpaired) electrons. The van der Waals surface area contributed by atoms with Gasteiger partial charge in [0.25, 0.3) is 0 Å².